The quantitative estimate of drug-likeness (QED) is 0.495. The number of aromatic amines is 1. The molecule has 33 heavy (non-hydrogen) atoms. The number of anilines is 1. The maximum atomic E-state index is 9.23. The molecule has 4 heterocycles. The molecule has 0 saturated carbocycles. The number of nitrogens with zero attached hydrogens (tertiary/aromatic N) is 5. The Bertz CT molecular complexity index is 1260. The van der Waals surface area contributed by atoms with Crippen LogP contribution in [0.5, 0.6) is 0 Å². The monoisotopic (exact) mass is 434 g/mol. The van der Waals surface area contributed by atoms with E-state index in [9.17, 15) is 5.26 Å². The molecule has 0 spiro atoms. The third-order valence-electron chi connectivity index (χ3n) is 6.20. The smallest absolute Gasteiger partial charge is 0.128 e. The van der Waals surface area contributed by atoms with Gasteiger partial charge in [0.2, 0.25) is 0 Å². The summed E-state index contributed by atoms with van der Waals surface area (Å²) in [6, 6.07) is 22.9. The molecular formula is C27H26N6. The van der Waals surface area contributed by atoms with Gasteiger partial charge in [0.25, 0.3) is 0 Å². The molecule has 0 bridgehead atoms. The highest BCUT2D eigenvalue weighted by atomic mass is 15.3. The normalized spacial score (nSPS) is 14.2. The number of aryl methyl sites for hydroxylation is 1. The Kier molecular flexibility index (Phi) is 5.88. The average molecular weight is 435 g/mol. The number of rotatable bonds is 5. The molecule has 0 unspecified atom stereocenters. The van der Waals surface area contributed by atoms with Crippen LogP contribution in [0, 0.1) is 18.3 Å². The number of piperazine rings is 1. The first-order chi connectivity index (χ1) is 16.2. The van der Waals surface area contributed by atoms with Crippen LogP contribution in [0.25, 0.3) is 22.5 Å². The predicted octanol–water partition coefficient (Wildman–Crippen LogP) is 4.64. The molecule has 0 aliphatic carbocycles. The fraction of sp³-hybridized carbons (Fsp3) is 0.222. The summed E-state index contributed by atoms with van der Waals surface area (Å²) in [4.78, 5) is 17.4. The third kappa shape index (κ3) is 4.64. The summed E-state index contributed by atoms with van der Waals surface area (Å²) in [6.45, 7) is 6.92. The Hall–Kier alpha value is -3.95. The van der Waals surface area contributed by atoms with Gasteiger partial charge in [-0.2, -0.15) is 5.26 Å². The summed E-state index contributed by atoms with van der Waals surface area (Å²) in [5, 5.41) is 9.23. The molecule has 1 aliphatic rings. The van der Waals surface area contributed by atoms with E-state index in [4.69, 9.17) is 4.98 Å². The molecule has 1 N–H and O–H groups in total. The Morgan fingerprint density at radius 3 is 2.45 bits per heavy atom. The van der Waals surface area contributed by atoms with Crippen LogP contribution < -0.4 is 4.90 Å². The topological polar surface area (TPSA) is 71.8 Å². The number of H-pyrrole nitrogens is 1. The summed E-state index contributed by atoms with van der Waals surface area (Å²) in [5.74, 6) is 1.01. The Labute approximate surface area is 194 Å². The van der Waals surface area contributed by atoms with Crippen molar-refractivity contribution in [2.75, 3.05) is 31.1 Å². The summed E-state index contributed by atoms with van der Waals surface area (Å²) in [7, 11) is 0. The van der Waals surface area contributed by atoms with Crippen LogP contribution in [0.15, 0.2) is 73.1 Å². The van der Waals surface area contributed by atoms with E-state index >= 15 is 0 Å². The molecule has 1 aliphatic heterocycles. The molecule has 3 aromatic heterocycles. The van der Waals surface area contributed by atoms with Gasteiger partial charge in [-0.05, 0) is 42.8 Å². The van der Waals surface area contributed by atoms with Crippen LogP contribution in [0.3, 0.4) is 0 Å². The Morgan fingerprint density at radius 1 is 0.939 bits per heavy atom. The average Bonchev–Trinajstić information content (AvgIpc) is 3.26. The summed E-state index contributed by atoms with van der Waals surface area (Å²) in [5.41, 5.74) is 6.67. The van der Waals surface area contributed by atoms with Crippen LogP contribution >= 0.6 is 0 Å². The van der Waals surface area contributed by atoms with Gasteiger partial charge in [0.05, 0.1) is 11.3 Å². The Balaban J connectivity index is 1.25. The van der Waals surface area contributed by atoms with Crippen molar-refractivity contribution in [2.45, 2.75) is 13.5 Å². The molecule has 1 aromatic carbocycles. The zero-order chi connectivity index (χ0) is 22.6. The maximum absolute atomic E-state index is 9.23. The largest absolute Gasteiger partial charge is 0.358 e. The predicted molar refractivity (Wildman–Crippen MR) is 131 cm³/mol. The van der Waals surface area contributed by atoms with Gasteiger partial charge in [0.15, 0.2) is 0 Å². The molecule has 1 saturated heterocycles. The minimum Gasteiger partial charge on any atom is -0.358 e. The number of pyridine rings is 2. The van der Waals surface area contributed by atoms with Crippen molar-refractivity contribution >= 4 is 5.82 Å². The molecule has 1 fully saturated rings. The molecule has 164 valence electrons. The molecule has 5 rings (SSSR count). The first-order valence-corrected chi connectivity index (χ1v) is 11.2. The van der Waals surface area contributed by atoms with Crippen LogP contribution in [0.2, 0.25) is 0 Å². The molecule has 6 heteroatoms. The van der Waals surface area contributed by atoms with Crippen molar-refractivity contribution in [1.29, 1.82) is 5.26 Å². The van der Waals surface area contributed by atoms with Crippen molar-refractivity contribution in [2.24, 2.45) is 0 Å². The maximum Gasteiger partial charge on any atom is 0.128 e. The Morgan fingerprint density at radius 2 is 1.76 bits per heavy atom. The van der Waals surface area contributed by atoms with Crippen molar-refractivity contribution < 1.29 is 0 Å². The summed E-state index contributed by atoms with van der Waals surface area (Å²) < 4.78 is 0. The van der Waals surface area contributed by atoms with E-state index in [1.807, 2.05) is 31.3 Å². The lowest BCUT2D eigenvalue weighted by atomic mass is 10.1. The number of hydrogen-bond acceptors (Lipinski definition) is 5. The van der Waals surface area contributed by atoms with Gasteiger partial charge >= 0.3 is 0 Å². The molecule has 4 aromatic rings. The molecule has 0 radical (unpaired) electrons. The number of aromatic nitrogens is 3. The minimum atomic E-state index is 0.665. The second-order valence-corrected chi connectivity index (χ2v) is 8.42. The fourth-order valence-electron chi connectivity index (χ4n) is 4.29. The van der Waals surface area contributed by atoms with Gasteiger partial charge in [-0.15, -0.1) is 0 Å². The van der Waals surface area contributed by atoms with Crippen LogP contribution in [-0.4, -0.2) is 46.0 Å². The van der Waals surface area contributed by atoms with E-state index in [-0.39, 0.29) is 0 Å². The number of hydrogen-bond donors (Lipinski definition) is 1. The van der Waals surface area contributed by atoms with Crippen molar-refractivity contribution in [3.05, 3.63) is 89.9 Å². The summed E-state index contributed by atoms with van der Waals surface area (Å²) >= 11 is 0. The van der Waals surface area contributed by atoms with Gasteiger partial charge in [0.1, 0.15) is 11.9 Å². The minimum absolute atomic E-state index is 0.665. The zero-order valence-electron chi connectivity index (χ0n) is 18.7. The number of nitrogens with one attached hydrogen (secondary N) is 1. The summed E-state index contributed by atoms with van der Waals surface area (Å²) in [6.07, 6.45) is 3.70. The van der Waals surface area contributed by atoms with Gasteiger partial charge in [-0.25, -0.2) is 4.98 Å². The van der Waals surface area contributed by atoms with Gasteiger partial charge in [-0.3, -0.25) is 9.88 Å². The van der Waals surface area contributed by atoms with Gasteiger partial charge in [-0.1, -0.05) is 30.3 Å². The number of benzene rings is 1. The highest BCUT2D eigenvalue weighted by Crippen LogP contribution is 2.26. The third-order valence-corrected chi connectivity index (χ3v) is 6.20. The highest BCUT2D eigenvalue weighted by Gasteiger charge is 2.18. The van der Waals surface area contributed by atoms with Gasteiger partial charge in [0, 0.05) is 67.6 Å². The van der Waals surface area contributed by atoms with E-state index in [2.05, 4.69) is 68.3 Å². The van der Waals surface area contributed by atoms with Crippen molar-refractivity contribution in [3.63, 3.8) is 0 Å². The van der Waals surface area contributed by atoms with E-state index in [0.29, 0.717) is 5.56 Å². The van der Waals surface area contributed by atoms with Crippen LogP contribution in [-0.2, 0) is 6.54 Å². The second kappa shape index (κ2) is 9.27. The van der Waals surface area contributed by atoms with E-state index in [1.54, 1.807) is 6.20 Å². The molecule has 0 amide bonds. The lowest BCUT2D eigenvalue weighted by Gasteiger charge is -2.35. The first-order valence-electron chi connectivity index (χ1n) is 11.2. The fourth-order valence-corrected chi connectivity index (χ4v) is 4.29. The van der Waals surface area contributed by atoms with Gasteiger partial charge < -0.3 is 9.88 Å². The van der Waals surface area contributed by atoms with Crippen LogP contribution in [0.4, 0.5) is 5.82 Å². The highest BCUT2D eigenvalue weighted by molar-refractivity contribution is 5.70. The lowest BCUT2D eigenvalue weighted by Crippen LogP contribution is -2.46. The molecule has 6 nitrogen and oxygen atoms in total. The van der Waals surface area contributed by atoms with Crippen molar-refractivity contribution in [3.8, 4) is 28.6 Å². The SMILES string of the molecule is Cc1[nH]c(-c2ccnc(-c3ccc(N4CCN(Cc5ccccc5)CC4)nc3)c2)cc1C#N. The zero-order valence-corrected chi connectivity index (χ0v) is 18.7. The standard InChI is InChI=1S/C27H26N6/c1-20-24(17-28)16-26(31-20)22-9-10-29-25(15-22)23-7-8-27(30-18-23)33-13-11-32(12-14-33)19-21-5-3-2-4-6-21/h2-10,15-16,18,31H,11-14,19H2,1H3. The second-order valence-electron chi connectivity index (χ2n) is 8.42. The number of nitriles is 1. The van der Waals surface area contributed by atoms with E-state index < -0.39 is 0 Å². The first kappa shape index (κ1) is 20.9. The van der Waals surface area contributed by atoms with Crippen molar-refractivity contribution in [1.82, 2.24) is 19.9 Å². The van der Waals surface area contributed by atoms with Crippen LogP contribution in [0.1, 0.15) is 16.8 Å². The van der Waals surface area contributed by atoms with E-state index in [0.717, 1.165) is 66.8 Å². The lowest BCUT2D eigenvalue weighted by molar-refractivity contribution is 0.249. The van der Waals surface area contributed by atoms with E-state index in [1.165, 1.54) is 5.56 Å². The molecule has 0 atom stereocenters. The molecular weight excluding hydrogens is 408 g/mol.